The van der Waals surface area contributed by atoms with E-state index < -0.39 is 0 Å². The zero-order valence-electron chi connectivity index (χ0n) is 11.4. The third-order valence-electron chi connectivity index (χ3n) is 2.82. The van der Waals surface area contributed by atoms with Gasteiger partial charge in [0.15, 0.2) is 0 Å². The molecular formula is C16H29. The van der Waals surface area contributed by atoms with Crippen LogP contribution in [0.3, 0.4) is 0 Å². The summed E-state index contributed by atoms with van der Waals surface area (Å²) in [5.74, 6) is 6.59. The van der Waals surface area contributed by atoms with Crippen molar-refractivity contribution >= 4 is 0 Å². The van der Waals surface area contributed by atoms with Gasteiger partial charge in [-0.3, -0.25) is 0 Å². The van der Waals surface area contributed by atoms with Gasteiger partial charge in [-0.1, -0.05) is 58.8 Å². The third kappa shape index (κ3) is 13.6. The van der Waals surface area contributed by atoms with Crippen LogP contribution in [0.25, 0.3) is 0 Å². The van der Waals surface area contributed by atoms with E-state index in [2.05, 4.69) is 32.1 Å². The van der Waals surface area contributed by atoms with E-state index in [1.165, 1.54) is 57.8 Å². The maximum absolute atomic E-state index is 3.30. The Balaban J connectivity index is 3.03. The molecule has 93 valence electrons. The third-order valence-corrected chi connectivity index (χ3v) is 2.82. The molecule has 0 nitrogen and oxygen atoms in total. The first-order valence-electron chi connectivity index (χ1n) is 7.15. The second kappa shape index (κ2) is 14.6. The van der Waals surface area contributed by atoms with Crippen molar-refractivity contribution in [3.05, 3.63) is 6.42 Å². The Hall–Kier alpha value is -0.440. The van der Waals surface area contributed by atoms with Gasteiger partial charge in [-0.15, -0.1) is 11.8 Å². The van der Waals surface area contributed by atoms with E-state index in [4.69, 9.17) is 0 Å². The van der Waals surface area contributed by atoms with Crippen molar-refractivity contribution in [2.75, 3.05) is 0 Å². The standard InChI is InChI=1S/C16H29/c1-3-5-7-9-11-13-15-16-14-12-10-8-6-4-2/h3H,4-13,15H2,1-2H3. The van der Waals surface area contributed by atoms with Gasteiger partial charge in [-0.2, -0.15) is 0 Å². The zero-order chi connectivity index (χ0) is 11.9. The van der Waals surface area contributed by atoms with Crippen molar-refractivity contribution in [3.8, 4) is 11.8 Å². The highest BCUT2D eigenvalue weighted by Gasteiger charge is 1.88. The minimum Gasteiger partial charge on any atom is -0.103 e. The van der Waals surface area contributed by atoms with E-state index >= 15 is 0 Å². The van der Waals surface area contributed by atoms with Gasteiger partial charge in [0.25, 0.3) is 0 Å². The van der Waals surface area contributed by atoms with Crippen molar-refractivity contribution in [1.82, 2.24) is 0 Å². The van der Waals surface area contributed by atoms with Crippen LogP contribution >= 0.6 is 0 Å². The van der Waals surface area contributed by atoms with E-state index in [1.807, 2.05) is 0 Å². The Labute approximate surface area is 103 Å². The number of unbranched alkanes of at least 4 members (excludes halogenated alkanes) is 10. The lowest BCUT2D eigenvalue weighted by atomic mass is 10.1. The van der Waals surface area contributed by atoms with E-state index in [1.54, 1.807) is 0 Å². The van der Waals surface area contributed by atoms with Crippen LogP contribution in [0.2, 0.25) is 0 Å². The largest absolute Gasteiger partial charge is 0.103 e. The molecule has 0 aromatic heterocycles. The molecule has 0 N–H and O–H groups in total. The molecule has 0 saturated heterocycles. The normalized spacial score (nSPS) is 9.88. The summed E-state index contributed by atoms with van der Waals surface area (Å²) in [5.41, 5.74) is 0. The number of hydrogen-bond donors (Lipinski definition) is 0. The van der Waals surface area contributed by atoms with Gasteiger partial charge in [-0.25, -0.2) is 0 Å². The molecule has 0 saturated carbocycles. The molecule has 0 aromatic rings. The van der Waals surface area contributed by atoms with Crippen molar-refractivity contribution in [1.29, 1.82) is 0 Å². The Kier molecular flexibility index (Phi) is 14.2. The molecule has 0 aromatic carbocycles. The topological polar surface area (TPSA) is 0 Å². The molecule has 0 fully saturated rings. The van der Waals surface area contributed by atoms with E-state index in [0.717, 1.165) is 12.8 Å². The number of hydrogen-bond acceptors (Lipinski definition) is 0. The number of rotatable bonds is 10. The van der Waals surface area contributed by atoms with Gasteiger partial charge < -0.3 is 0 Å². The minimum atomic E-state index is 1.11. The summed E-state index contributed by atoms with van der Waals surface area (Å²) in [4.78, 5) is 0. The Morgan fingerprint density at radius 3 is 1.88 bits per heavy atom. The molecule has 0 bridgehead atoms. The summed E-state index contributed by atoms with van der Waals surface area (Å²) in [6.07, 6.45) is 16.5. The van der Waals surface area contributed by atoms with Crippen LogP contribution in [-0.2, 0) is 0 Å². The molecule has 0 unspecified atom stereocenters. The summed E-state index contributed by atoms with van der Waals surface area (Å²) in [5, 5.41) is 0. The molecule has 0 aliphatic heterocycles. The maximum atomic E-state index is 3.30. The van der Waals surface area contributed by atoms with Crippen molar-refractivity contribution < 1.29 is 0 Å². The second-order valence-electron chi connectivity index (χ2n) is 4.53. The van der Waals surface area contributed by atoms with E-state index in [0.29, 0.717) is 0 Å². The summed E-state index contributed by atoms with van der Waals surface area (Å²) < 4.78 is 0. The SMILES string of the molecule is C[CH]CCCCCCC#CCCCCCC. The summed E-state index contributed by atoms with van der Waals surface area (Å²) in [7, 11) is 0. The average molecular weight is 221 g/mol. The quantitative estimate of drug-likeness (QED) is 0.336. The fourth-order valence-corrected chi connectivity index (χ4v) is 1.73. The molecular weight excluding hydrogens is 192 g/mol. The molecule has 0 rings (SSSR count). The molecule has 0 aliphatic carbocycles. The van der Waals surface area contributed by atoms with Crippen LogP contribution in [-0.4, -0.2) is 0 Å². The average Bonchev–Trinajstić information content (AvgIpc) is 2.31. The Bertz CT molecular complexity index is 170. The zero-order valence-corrected chi connectivity index (χ0v) is 11.4. The van der Waals surface area contributed by atoms with Crippen LogP contribution in [0.15, 0.2) is 0 Å². The van der Waals surface area contributed by atoms with Crippen LogP contribution in [0.4, 0.5) is 0 Å². The second-order valence-corrected chi connectivity index (χ2v) is 4.53. The Morgan fingerprint density at radius 1 is 0.750 bits per heavy atom. The molecule has 0 amide bonds. The first-order valence-corrected chi connectivity index (χ1v) is 7.15. The predicted molar refractivity (Wildman–Crippen MR) is 74.2 cm³/mol. The van der Waals surface area contributed by atoms with Crippen molar-refractivity contribution in [2.45, 2.75) is 84.5 Å². The first kappa shape index (κ1) is 15.6. The van der Waals surface area contributed by atoms with Gasteiger partial charge in [0, 0.05) is 12.8 Å². The van der Waals surface area contributed by atoms with Gasteiger partial charge in [0.1, 0.15) is 0 Å². The summed E-state index contributed by atoms with van der Waals surface area (Å²) in [6, 6.07) is 0. The minimum absolute atomic E-state index is 1.11. The maximum Gasteiger partial charge on any atom is 0.00886 e. The highest BCUT2D eigenvalue weighted by atomic mass is 13.9. The van der Waals surface area contributed by atoms with Gasteiger partial charge in [-0.05, 0) is 19.3 Å². The summed E-state index contributed by atoms with van der Waals surface area (Å²) >= 11 is 0. The molecule has 0 spiro atoms. The fraction of sp³-hybridized carbons (Fsp3) is 0.812. The highest BCUT2D eigenvalue weighted by molar-refractivity contribution is 4.98. The van der Waals surface area contributed by atoms with Crippen LogP contribution in [0.5, 0.6) is 0 Å². The van der Waals surface area contributed by atoms with Gasteiger partial charge in [0.2, 0.25) is 0 Å². The predicted octanol–water partition coefficient (Wildman–Crippen LogP) is 5.52. The molecule has 16 heavy (non-hydrogen) atoms. The van der Waals surface area contributed by atoms with E-state index in [9.17, 15) is 0 Å². The lowest BCUT2D eigenvalue weighted by molar-refractivity contribution is 0.646. The van der Waals surface area contributed by atoms with Gasteiger partial charge >= 0.3 is 0 Å². The summed E-state index contributed by atoms with van der Waals surface area (Å²) in [6.45, 7) is 4.39. The van der Waals surface area contributed by atoms with Crippen LogP contribution in [0.1, 0.15) is 84.5 Å². The lowest BCUT2D eigenvalue weighted by Gasteiger charge is -1.96. The van der Waals surface area contributed by atoms with Crippen LogP contribution in [0, 0.1) is 18.3 Å². The smallest absolute Gasteiger partial charge is 0.00886 e. The fourth-order valence-electron chi connectivity index (χ4n) is 1.73. The molecule has 0 heterocycles. The molecule has 1 radical (unpaired) electrons. The van der Waals surface area contributed by atoms with E-state index in [-0.39, 0.29) is 0 Å². The molecule has 0 aliphatic rings. The monoisotopic (exact) mass is 221 g/mol. The lowest BCUT2D eigenvalue weighted by Crippen LogP contribution is -1.78. The van der Waals surface area contributed by atoms with Crippen LogP contribution < -0.4 is 0 Å². The molecule has 0 atom stereocenters. The Morgan fingerprint density at radius 2 is 1.31 bits per heavy atom. The van der Waals surface area contributed by atoms with Crippen molar-refractivity contribution in [2.24, 2.45) is 0 Å². The van der Waals surface area contributed by atoms with Gasteiger partial charge in [0.05, 0.1) is 0 Å². The first-order chi connectivity index (χ1) is 7.91. The molecule has 0 heteroatoms. The highest BCUT2D eigenvalue weighted by Crippen LogP contribution is 2.06. The van der Waals surface area contributed by atoms with Crippen molar-refractivity contribution in [3.63, 3.8) is 0 Å².